The number of hydrogen-bond acceptors (Lipinski definition) is 3. The number of thiophene rings is 1. The normalized spacial score (nSPS) is 10.7. The van der Waals surface area contributed by atoms with Crippen LogP contribution >= 0.6 is 27.3 Å². The van der Waals surface area contributed by atoms with Gasteiger partial charge < -0.3 is 5.32 Å². The Kier molecular flexibility index (Phi) is 4.31. The number of halogens is 1. The molecule has 5 heteroatoms. The second-order valence-electron chi connectivity index (χ2n) is 4.59. The average molecular weight is 361 g/mol. The van der Waals surface area contributed by atoms with Crippen molar-refractivity contribution in [2.45, 2.75) is 6.42 Å². The Balaban J connectivity index is 1.69. The van der Waals surface area contributed by atoms with Crippen molar-refractivity contribution in [3.8, 4) is 0 Å². The molecular formula is C16H13BrN2OS. The molecule has 0 saturated heterocycles. The van der Waals surface area contributed by atoms with Gasteiger partial charge in [0.25, 0.3) is 5.91 Å². The van der Waals surface area contributed by atoms with Gasteiger partial charge in [-0.3, -0.25) is 9.78 Å². The lowest BCUT2D eigenvalue weighted by molar-refractivity contribution is 0.0956. The predicted octanol–water partition coefficient (Wildman–Crippen LogP) is 4.03. The number of nitrogens with zero attached hydrogens (tertiary/aromatic N) is 1. The zero-order valence-corrected chi connectivity index (χ0v) is 13.6. The zero-order valence-electron chi connectivity index (χ0n) is 11.2. The van der Waals surface area contributed by atoms with Crippen LogP contribution in [0.3, 0.4) is 0 Å². The molecule has 1 aromatic carbocycles. The summed E-state index contributed by atoms with van der Waals surface area (Å²) in [6.45, 7) is 0.627. The monoisotopic (exact) mass is 360 g/mol. The third-order valence-electron chi connectivity index (χ3n) is 3.18. The van der Waals surface area contributed by atoms with E-state index in [-0.39, 0.29) is 5.91 Å². The van der Waals surface area contributed by atoms with Crippen molar-refractivity contribution in [3.63, 3.8) is 0 Å². The Hall–Kier alpha value is -1.72. The number of benzene rings is 1. The van der Waals surface area contributed by atoms with Crippen molar-refractivity contribution in [3.05, 3.63) is 62.9 Å². The lowest BCUT2D eigenvalue weighted by Crippen LogP contribution is -2.25. The molecule has 21 heavy (non-hydrogen) atoms. The van der Waals surface area contributed by atoms with Crippen LogP contribution < -0.4 is 5.32 Å². The van der Waals surface area contributed by atoms with Crippen molar-refractivity contribution in [1.29, 1.82) is 0 Å². The molecule has 0 saturated carbocycles. The molecule has 1 amide bonds. The van der Waals surface area contributed by atoms with Crippen LogP contribution in [-0.2, 0) is 6.42 Å². The van der Waals surface area contributed by atoms with Crippen LogP contribution in [0.15, 0.2) is 52.4 Å². The number of aromatic nitrogens is 1. The first-order valence-electron chi connectivity index (χ1n) is 6.60. The summed E-state index contributed by atoms with van der Waals surface area (Å²) >= 11 is 5.13. The second-order valence-corrected chi connectivity index (χ2v) is 7.13. The second kappa shape index (κ2) is 6.37. The van der Waals surface area contributed by atoms with E-state index >= 15 is 0 Å². The molecule has 0 bridgehead atoms. The summed E-state index contributed by atoms with van der Waals surface area (Å²) in [5, 5.41) is 3.86. The predicted molar refractivity (Wildman–Crippen MR) is 89.8 cm³/mol. The summed E-state index contributed by atoms with van der Waals surface area (Å²) in [7, 11) is 0. The lowest BCUT2D eigenvalue weighted by Gasteiger charge is -2.07. The molecule has 2 heterocycles. The van der Waals surface area contributed by atoms with E-state index in [9.17, 15) is 4.79 Å². The third-order valence-corrected chi connectivity index (χ3v) is 4.86. The SMILES string of the molecule is O=C(NCCc1ccc(Br)s1)c1ccnc2ccccc12. The highest BCUT2D eigenvalue weighted by molar-refractivity contribution is 9.11. The van der Waals surface area contributed by atoms with E-state index in [2.05, 4.69) is 32.3 Å². The number of amides is 1. The number of pyridine rings is 1. The minimum absolute atomic E-state index is 0.0516. The van der Waals surface area contributed by atoms with Gasteiger partial charge in [-0.05, 0) is 46.6 Å². The van der Waals surface area contributed by atoms with Crippen LogP contribution in [0.4, 0.5) is 0 Å². The van der Waals surface area contributed by atoms with Crippen LogP contribution in [0.25, 0.3) is 10.9 Å². The van der Waals surface area contributed by atoms with Crippen molar-refractivity contribution < 1.29 is 4.79 Å². The Morgan fingerprint density at radius 3 is 2.86 bits per heavy atom. The summed E-state index contributed by atoms with van der Waals surface area (Å²) in [4.78, 5) is 17.8. The number of para-hydroxylation sites is 1. The Morgan fingerprint density at radius 1 is 1.19 bits per heavy atom. The van der Waals surface area contributed by atoms with E-state index < -0.39 is 0 Å². The molecule has 1 N–H and O–H groups in total. The number of nitrogens with one attached hydrogen (secondary N) is 1. The molecule has 3 rings (SSSR count). The number of carbonyl (C=O) groups is 1. The maximum atomic E-state index is 12.3. The van der Waals surface area contributed by atoms with Gasteiger partial charge in [-0.15, -0.1) is 11.3 Å². The van der Waals surface area contributed by atoms with Crippen LogP contribution in [0.1, 0.15) is 15.2 Å². The maximum Gasteiger partial charge on any atom is 0.252 e. The summed E-state index contributed by atoms with van der Waals surface area (Å²) in [6, 6.07) is 13.5. The zero-order chi connectivity index (χ0) is 14.7. The topological polar surface area (TPSA) is 42.0 Å². The Bertz CT molecular complexity index is 779. The fourth-order valence-corrected chi connectivity index (χ4v) is 3.66. The fraction of sp³-hybridized carbons (Fsp3) is 0.125. The molecule has 3 nitrogen and oxygen atoms in total. The standard InChI is InChI=1S/C16H13BrN2OS/c17-15-6-5-11(21-15)7-9-19-16(20)13-8-10-18-14-4-2-1-3-12(13)14/h1-6,8,10H,7,9H2,(H,19,20). The van der Waals surface area contributed by atoms with Gasteiger partial charge in [0.15, 0.2) is 0 Å². The maximum absolute atomic E-state index is 12.3. The molecule has 0 spiro atoms. The smallest absolute Gasteiger partial charge is 0.252 e. The molecular weight excluding hydrogens is 348 g/mol. The van der Waals surface area contributed by atoms with Gasteiger partial charge in [0.05, 0.1) is 14.9 Å². The molecule has 0 aliphatic carbocycles. The third kappa shape index (κ3) is 3.31. The minimum Gasteiger partial charge on any atom is -0.352 e. The Morgan fingerprint density at radius 2 is 2.05 bits per heavy atom. The molecule has 3 aromatic rings. The lowest BCUT2D eigenvalue weighted by atomic mass is 10.1. The van der Waals surface area contributed by atoms with E-state index in [4.69, 9.17) is 0 Å². The van der Waals surface area contributed by atoms with Gasteiger partial charge in [0.2, 0.25) is 0 Å². The van der Waals surface area contributed by atoms with Gasteiger partial charge >= 0.3 is 0 Å². The largest absolute Gasteiger partial charge is 0.352 e. The highest BCUT2D eigenvalue weighted by atomic mass is 79.9. The molecule has 0 fully saturated rings. The van der Waals surface area contributed by atoms with Crippen molar-refractivity contribution in [1.82, 2.24) is 10.3 Å². The Labute approximate surface area is 135 Å². The molecule has 0 atom stereocenters. The van der Waals surface area contributed by atoms with Crippen LogP contribution in [0.2, 0.25) is 0 Å². The van der Waals surface area contributed by atoms with E-state index in [1.165, 1.54) is 4.88 Å². The first kappa shape index (κ1) is 14.2. The van der Waals surface area contributed by atoms with Crippen molar-refractivity contribution >= 4 is 44.1 Å². The molecule has 0 radical (unpaired) electrons. The van der Waals surface area contributed by atoms with Gasteiger partial charge in [0.1, 0.15) is 0 Å². The van der Waals surface area contributed by atoms with Gasteiger partial charge in [0, 0.05) is 23.0 Å². The van der Waals surface area contributed by atoms with Crippen molar-refractivity contribution in [2.75, 3.05) is 6.54 Å². The van der Waals surface area contributed by atoms with Crippen molar-refractivity contribution in [2.24, 2.45) is 0 Å². The van der Waals surface area contributed by atoms with Crippen LogP contribution in [0, 0.1) is 0 Å². The van der Waals surface area contributed by atoms with E-state index in [1.807, 2.05) is 30.3 Å². The van der Waals surface area contributed by atoms with E-state index in [0.717, 1.165) is 21.1 Å². The minimum atomic E-state index is -0.0516. The molecule has 0 aliphatic rings. The fourth-order valence-electron chi connectivity index (χ4n) is 2.17. The van der Waals surface area contributed by atoms with Crippen LogP contribution in [-0.4, -0.2) is 17.4 Å². The number of carbonyl (C=O) groups excluding carboxylic acids is 1. The van der Waals surface area contributed by atoms with E-state index in [1.54, 1.807) is 23.6 Å². The molecule has 0 unspecified atom stereocenters. The number of hydrogen-bond donors (Lipinski definition) is 1. The van der Waals surface area contributed by atoms with Gasteiger partial charge in [-0.2, -0.15) is 0 Å². The summed E-state index contributed by atoms with van der Waals surface area (Å²) < 4.78 is 1.11. The number of rotatable bonds is 4. The highest BCUT2D eigenvalue weighted by Crippen LogP contribution is 2.22. The summed E-state index contributed by atoms with van der Waals surface area (Å²) in [5.74, 6) is -0.0516. The van der Waals surface area contributed by atoms with E-state index in [0.29, 0.717) is 12.1 Å². The van der Waals surface area contributed by atoms with Gasteiger partial charge in [-0.1, -0.05) is 18.2 Å². The molecule has 0 aliphatic heterocycles. The quantitative estimate of drug-likeness (QED) is 0.762. The summed E-state index contributed by atoms with van der Waals surface area (Å²) in [5.41, 5.74) is 1.51. The average Bonchev–Trinajstić information content (AvgIpc) is 2.92. The van der Waals surface area contributed by atoms with Crippen LogP contribution in [0.5, 0.6) is 0 Å². The first-order chi connectivity index (χ1) is 10.2. The van der Waals surface area contributed by atoms with Gasteiger partial charge in [-0.25, -0.2) is 0 Å². The number of fused-ring (bicyclic) bond motifs is 1. The molecule has 2 aromatic heterocycles. The highest BCUT2D eigenvalue weighted by Gasteiger charge is 2.09. The summed E-state index contributed by atoms with van der Waals surface area (Å²) in [6.07, 6.45) is 2.51. The molecule has 106 valence electrons. The first-order valence-corrected chi connectivity index (χ1v) is 8.21.